The summed E-state index contributed by atoms with van der Waals surface area (Å²) in [6.07, 6.45) is 0. The van der Waals surface area contributed by atoms with Crippen molar-refractivity contribution in [3.63, 3.8) is 0 Å². The van der Waals surface area contributed by atoms with Crippen LogP contribution in [0.1, 0.15) is 11.6 Å². The number of halogens is 2. The number of rotatable bonds is 3. The second-order valence-electron chi connectivity index (χ2n) is 2.71. The van der Waals surface area contributed by atoms with Crippen molar-refractivity contribution in [2.24, 2.45) is 5.73 Å². The molecule has 0 aliphatic heterocycles. The molecular weight excluding hydrogens is 207 g/mol. The van der Waals surface area contributed by atoms with Gasteiger partial charge < -0.3 is 11.1 Å². The van der Waals surface area contributed by atoms with Crippen molar-refractivity contribution in [3.8, 4) is 0 Å². The topological polar surface area (TPSA) is 38.0 Å². The SMILES string of the molecule is CN[C@@H](CN)c1c(Cl)cccc1Cl. The highest BCUT2D eigenvalue weighted by Crippen LogP contribution is 2.29. The molecule has 0 heterocycles. The minimum atomic E-state index is 0.0150. The molecule has 4 heteroatoms. The van der Waals surface area contributed by atoms with Gasteiger partial charge in [0.15, 0.2) is 0 Å². The van der Waals surface area contributed by atoms with E-state index in [0.29, 0.717) is 16.6 Å². The van der Waals surface area contributed by atoms with Crippen molar-refractivity contribution < 1.29 is 0 Å². The van der Waals surface area contributed by atoms with Crippen LogP contribution in [-0.4, -0.2) is 13.6 Å². The molecule has 0 saturated heterocycles. The third kappa shape index (κ3) is 2.35. The molecule has 1 aromatic rings. The molecule has 0 bridgehead atoms. The fourth-order valence-corrected chi connectivity index (χ4v) is 1.88. The fraction of sp³-hybridized carbons (Fsp3) is 0.333. The third-order valence-electron chi connectivity index (χ3n) is 1.93. The van der Waals surface area contributed by atoms with Crippen LogP contribution in [0.25, 0.3) is 0 Å². The van der Waals surface area contributed by atoms with E-state index in [1.807, 2.05) is 25.2 Å². The van der Waals surface area contributed by atoms with Crippen molar-refractivity contribution in [3.05, 3.63) is 33.8 Å². The zero-order valence-electron chi connectivity index (χ0n) is 7.35. The van der Waals surface area contributed by atoms with E-state index < -0.39 is 0 Å². The molecule has 2 nitrogen and oxygen atoms in total. The monoisotopic (exact) mass is 218 g/mol. The summed E-state index contributed by atoms with van der Waals surface area (Å²) in [6, 6.07) is 5.45. The molecule has 0 fully saturated rings. The lowest BCUT2D eigenvalue weighted by molar-refractivity contribution is 0.606. The van der Waals surface area contributed by atoms with Crippen LogP contribution in [0.15, 0.2) is 18.2 Å². The molecule has 0 aromatic heterocycles. The Morgan fingerprint density at radius 2 is 1.92 bits per heavy atom. The van der Waals surface area contributed by atoms with Gasteiger partial charge in [-0.25, -0.2) is 0 Å². The second kappa shape index (κ2) is 4.82. The van der Waals surface area contributed by atoms with E-state index in [4.69, 9.17) is 28.9 Å². The molecule has 1 rings (SSSR count). The van der Waals surface area contributed by atoms with Gasteiger partial charge in [-0.15, -0.1) is 0 Å². The van der Waals surface area contributed by atoms with Gasteiger partial charge in [0, 0.05) is 28.2 Å². The van der Waals surface area contributed by atoms with Crippen LogP contribution in [0.5, 0.6) is 0 Å². The molecule has 0 unspecified atom stereocenters. The maximum Gasteiger partial charge on any atom is 0.0471 e. The minimum absolute atomic E-state index is 0.0150. The molecule has 0 aliphatic carbocycles. The molecule has 0 radical (unpaired) electrons. The summed E-state index contributed by atoms with van der Waals surface area (Å²) in [6.45, 7) is 0.472. The van der Waals surface area contributed by atoms with Gasteiger partial charge in [0.25, 0.3) is 0 Å². The number of nitrogens with two attached hydrogens (primary N) is 1. The molecule has 13 heavy (non-hydrogen) atoms. The first-order valence-electron chi connectivity index (χ1n) is 4.02. The van der Waals surface area contributed by atoms with Crippen LogP contribution < -0.4 is 11.1 Å². The van der Waals surface area contributed by atoms with E-state index in [-0.39, 0.29) is 6.04 Å². The Morgan fingerprint density at radius 1 is 1.38 bits per heavy atom. The number of nitrogens with one attached hydrogen (secondary N) is 1. The molecule has 1 atom stereocenters. The molecule has 72 valence electrons. The first-order chi connectivity index (χ1) is 6.20. The van der Waals surface area contributed by atoms with Gasteiger partial charge in [-0.05, 0) is 19.2 Å². The van der Waals surface area contributed by atoms with E-state index >= 15 is 0 Å². The Morgan fingerprint density at radius 3 is 2.31 bits per heavy atom. The maximum atomic E-state index is 6.00. The van der Waals surface area contributed by atoms with Crippen LogP contribution in [0.4, 0.5) is 0 Å². The first kappa shape index (κ1) is 10.8. The van der Waals surface area contributed by atoms with Gasteiger partial charge in [-0.1, -0.05) is 29.3 Å². The molecule has 1 aromatic carbocycles. The van der Waals surface area contributed by atoms with E-state index in [0.717, 1.165) is 5.56 Å². The molecule has 0 aliphatic rings. The summed E-state index contributed by atoms with van der Waals surface area (Å²) in [5.41, 5.74) is 6.44. The lowest BCUT2D eigenvalue weighted by Crippen LogP contribution is -2.25. The van der Waals surface area contributed by atoms with Crippen LogP contribution >= 0.6 is 23.2 Å². The number of likely N-dealkylation sites (N-methyl/N-ethyl adjacent to an activating group) is 1. The van der Waals surface area contributed by atoms with Crippen molar-refractivity contribution in [1.29, 1.82) is 0 Å². The highest BCUT2D eigenvalue weighted by Gasteiger charge is 2.13. The van der Waals surface area contributed by atoms with Crippen LogP contribution in [0.3, 0.4) is 0 Å². The van der Waals surface area contributed by atoms with Gasteiger partial charge >= 0.3 is 0 Å². The predicted molar refractivity (Wildman–Crippen MR) is 57.3 cm³/mol. The lowest BCUT2D eigenvalue weighted by Gasteiger charge is -2.16. The highest BCUT2D eigenvalue weighted by molar-refractivity contribution is 6.36. The van der Waals surface area contributed by atoms with Gasteiger partial charge in [0.1, 0.15) is 0 Å². The Kier molecular flexibility index (Phi) is 4.00. The quantitative estimate of drug-likeness (QED) is 0.817. The van der Waals surface area contributed by atoms with Gasteiger partial charge in [0.05, 0.1) is 0 Å². The smallest absolute Gasteiger partial charge is 0.0471 e. The zero-order chi connectivity index (χ0) is 9.84. The molecule has 0 amide bonds. The van der Waals surface area contributed by atoms with Crippen molar-refractivity contribution in [1.82, 2.24) is 5.32 Å². The Hall–Kier alpha value is -0.280. The normalized spacial score (nSPS) is 12.9. The largest absolute Gasteiger partial charge is 0.329 e. The standard InChI is InChI=1S/C9H12Cl2N2/c1-13-8(5-12)9-6(10)3-2-4-7(9)11/h2-4,8,13H,5,12H2,1H3/t8-/m0/s1. The molecule has 3 N–H and O–H groups in total. The van der Waals surface area contributed by atoms with Gasteiger partial charge in [0.2, 0.25) is 0 Å². The average Bonchev–Trinajstić information content (AvgIpc) is 2.11. The van der Waals surface area contributed by atoms with E-state index in [1.54, 1.807) is 0 Å². The summed E-state index contributed by atoms with van der Waals surface area (Å²) >= 11 is 12.0. The number of benzene rings is 1. The summed E-state index contributed by atoms with van der Waals surface area (Å²) in [5.74, 6) is 0. The molecular formula is C9H12Cl2N2. The summed E-state index contributed by atoms with van der Waals surface area (Å²) in [4.78, 5) is 0. The van der Waals surface area contributed by atoms with Crippen LogP contribution in [-0.2, 0) is 0 Å². The minimum Gasteiger partial charge on any atom is -0.329 e. The van der Waals surface area contributed by atoms with Crippen molar-refractivity contribution >= 4 is 23.2 Å². The number of hydrogen-bond donors (Lipinski definition) is 2. The van der Waals surface area contributed by atoms with E-state index in [2.05, 4.69) is 5.32 Å². The van der Waals surface area contributed by atoms with Crippen molar-refractivity contribution in [2.75, 3.05) is 13.6 Å². The zero-order valence-corrected chi connectivity index (χ0v) is 8.86. The van der Waals surface area contributed by atoms with Crippen LogP contribution in [0, 0.1) is 0 Å². The van der Waals surface area contributed by atoms with Gasteiger partial charge in [-0.3, -0.25) is 0 Å². The average molecular weight is 219 g/mol. The second-order valence-corrected chi connectivity index (χ2v) is 3.53. The third-order valence-corrected chi connectivity index (χ3v) is 2.59. The molecule has 0 spiro atoms. The predicted octanol–water partition coefficient (Wildman–Crippen LogP) is 2.21. The lowest BCUT2D eigenvalue weighted by atomic mass is 10.1. The van der Waals surface area contributed by atoms with Crippen LogP contribution in [0.2, 0.25) is 10.0 Å². The van der Waals surface area contributed by atoms with Gasteiger partial charge in [-0.2, -0.15) is 0 Å². The Balaban J connectivity index is 3.10. The fourth-order valence-electron chi connectivity index (χ4n) is 1.22. The summed E-state index contributed by atoms with van der Waals surface area (Å²) in [7, 11) is 1.83. The van der Waals surface area contributed by atoms with E-state index in [9.17, 15) is 0 Å². The molecule has 0 saturated carbocycles. The summed E-state index contributed by atoms with van der Waals surface area (Å²) < 4.78 is 0. The van der Waals surface area contributed by atoms with E-state index in [1.165, 1.54) is 0 Å². The number of hydrogen-bond acceptors (Lipinski definition) is 2. The highest BCUT2D eigenvalue weighted by atomic mass is 35.5. The maximum absolute atomic E-state index is 6.00. The Bertz CT molecular complexity index is 265. The van der Waals surface area contributed by atoms with Crippen molar-refractivity contribution in [2.45, 2.75) is 6.04 Å². The first-order valence-corrected chi connectivity index (χ1v) is 4.77. The Labute approximate surface area is 88.0 Å². The summed E-state index contributed by atoms with van der Waals surface area (Å²) in [5, 5.41) is 4.36.